The van der Waals surface area contributed by atoms with Crippen molar-refractivity contribution in [1.29, 1.82) is 0 Å². The Kier molecular flexibility index (Phi) is 6.20. The molecule has 5 heteroatoms. The Morgan fingerprint density at radius 2 is 1.91 bits per heavy atom. The Hall–Kier alpha value is -1.84. The average Bonchev–Trinajstić information content (AvgIpc) is 2.52. The van der Waals surface area contributed by atoms with Gasteiger partial charge in [0.1, 0.15) is 5.82 Å². The number of amides is 1. The predicted molar refractivity (Wildman–Crippen MR) is 92.2 cm³/mol. The molecule has 1 amide bonds. The molecule has 0 unspecified atom stereocenters. The number of nitrogens with zero attached hydrogens (tertiary/aromatic N) is 1. The molecule has 2 aromatic carbocycles. The fourth-order valence-electron chi connectivity index (χ4n) is 2.18. The summed E-state index contributed by atoms with van der Waals surface area (Å²) < 4.78 is 13.8. The van der Waals surface area contributed by atoms with E-state index in [9.17, 15) is 9.18 Å². The van der Waals surface area contributed by atoms with E-state index in [1.807, 2.05) is 0 Å². The summed E-state index contributed by atoms with van der Waals surface area (Å²) in [5.41, 5.74) is 1.23. The largest absolute Gasteiger partial charge is 0.334 e. The minimum atomic E-state index is -0.330. The van der Waals surface area contributed by atoms with Crippen LogP contribution in [0.25, 0.3) is 0 Å². The van der Waals surface area contributed by atoms with Crippen LogP contribution in [0.15, 0.2) is 55.1 Å². The number of carbonyl (C=O) groups is 1. The van der Waals surface area contributed by atoms with Crippen LogP contribution >= 0.6 is 23.2 Å². The molecule has 0 aliphatic carbocycles. The molecule has 0 aliphatic heterocycles. The second-order valence-electron chi connectivity index (χ2n) is 5.08. The third-order valence-corrected chi connectivity index (χ3v) is 4.10. The lowest BCUT2D eigenvalue weighted by Crippen LogP contribution is -2.32. The van der Waals surface area contributed by atoms with E-state index in [4.69, 9.17) is 23.2 Å². The summed E-state index contributed by atoms with van der Waals surface area (Å²) in [5, 5.41) is 0.846. The van der Waals surface area contributed by atoms with Crippen molar-refractivity contribution in [2.45, 2.75) is 13.0 Å². The van der Waals surface area contributed by atoms with Gasteiger partial charge in [-0.2, -0.15) is 0 Å². The molecule has 0 atom stereocenters. The lowest BCUT2D eigenvalue weighted by Gasteiger charge is -2.21. The summed E-state index contributed by atoms with van der Waals surface area (Å²) >= 11 is 11.8. The van der Waals surface area contributed by atoms with Crippen LogP contribution < -0.4 is 0 Å². The minimum Gasteiger partial charge on any atom is -0.334 e. The van der Waals surface area contributed by atoms with Crippen LogP contribution in [-0.2, 0) is 17.8 Å². The molecular weight excluding hydrogens is 336 g/mol. The minimum absolute atomic E-state index is 0.133. The Morgan fingerprint density at radius 3 is 2.57 bits per heavy atom. The Labute approximate surface area is 145 Å². The zero-order chi connectivity index (χ0) is 16.8. The van der Waals surface area contributed by atoms with Crippen LogP contribution in [0.2, 0.25) is 10.0 Å². The summed E-state index contributed by atoms with van der Waals surface area (Å²) in [7, 11) is 0. The van der Waals surface area contributed by atoms with Gasteiger partial charge in [-0.05, 0) is 23.8 Å². The monoisotopic (exact) mass is 351 g/mol. The number of carbonyl (C=O) groups excluding carboxylic acids is 1. The molecule has 0 fully saturated rings. The fourth-order valence-corrected chi connectivity index (χ4v) is 2.50. The Balaban J connectivity index is 2.13. The molecule has 23 heavy (non-hydrogen) atoms. The highest BCUT2D eigenvalue weighted by Crippen LogP contribution is 2.23. The first kappa shape index (κ1) is 17.5. The van der Waals surface area contributed by atoms with Gasteiger partial charge in [0.05, 0.1) is 16.5 Å². The first-order chi connectivity index (χ1) is 11.0. The summed E-state index contributed by atoms with van der Waals surface area (Å²) in [6.45, 7) is 4.19. The van der Waals surface area contributed by atoms with E-state index in [2.05, 4.69) is 6.58 Å². The lowest BCUT2D eigenvalue weighted by molar-refractivity contribution is -0.130. The van der Waals surface area contributed by atoms with E-state index in [0.29, 0.717) is 22.2 Å². The molecule has 0 heterocycles. The van der Waals surface area contributed by atoms with E-state index < -0.39 is 0 Å². The molecule has 0 radical (unpaired) electrons. The molecule has 0 N–H and O–H groups in total. The van der Waals surface area contributed by atoms with E-state index in [-0.39, 0.29) is 24.7 Å². The SMILES string of the molecule is C=CCN(Cc1ccccc1F)C(=O)Cc1ccc(Cl)c(Cl)c1. The normalized spacial score (nSPS) is 10.4. The van der Waals surface area contributed by atoms with Crippen molar-refractivity contribution < 1.29 is 9.18 Å². The summed E-state index contributed by atoms with van der Waals surface area (Å²) in [6, 6.07) is 11.5. The Morgan fingerprint density at radius 1 is 1.17 bits per heavy atom. The van der Waals surface area contributed by atoms with Crippen molar-refractivity contribution in [1.82, 2.24) is 4.90 Å². The number of hydrogen-bond donors (Lipinski definition) is 0. The van der Waals surface area contributed by atoms with Crippen molar-refractivity contribution >= 4 is 29.1 Å². The van der Waals surface area contributed by atoms with Crippen LogP contribution in [0, 0.1) is 5.82 Å². The van der Waals surface area contributed by atoms with Crippen LogP contribution in [-0.4, -0.2) is 17.4 Å². The second-order valence-corrected chi connectivity index (χ2v) is 5.89. The smallest absolute Gasteiger partial charge is 0.227 e. The van der Waals surface area contributed by atoms with Gasteiger partial charge in [0.2, 0.25) is 5.91 Å². The molecule has 0 aliphatic rings. The number of hydrogen-bond acceptors (Lipinski definition) is 1. The first-order valence-corrected chi connectivity index (χ1v) is 7.83. The molecule has 0 bridgehead atoms. The molecule has 2 rings (SSSR count). The van der Waals surface area contributed by atoms with Gasteiger partial charge >= 0.3 is 0 Å². The van der Waals surface area contributed by atoms with Gasteiger partial charge < -0.3 is 4.90 Å². The van der Waals surface area contributed by atoms with E-state index in [1.165, 1.54) is 6.07 Å². The van der Waals surface area contributed by atoms with E-state index in [1.54, 1.807) is 47.4 Å². The van der Waals surface area contributed by atoms with E-state index in [0.717, 1.165) is 5.56 Å². The van der Waals surface area contributed by atoms with Crippen molar-refractivity contribution in [2.75, 3.05) is 6.54 Å². The van der Waals surface area contributed by atoms with E-state index >= 15 is 0 Å². The number of rotatable bonds is 6. The average molecular weight is 352 g/mol. The van der Waals surface area contributed by atoms with Crippen LogP contribution in [0.1, 0.15) is 11.1 Å². The molecule has 2 nitrogen and oxygen atoms in total. The number of benzene rings is 2. The molecule has 0 spiro atoms. The maximum Gasteiger partial charge on any atom is 0.227 e. The molecule has 0 saturated carbocycles. The third kappa shape index (κ3) is 4.81. The standard InChI is InChI=1S/C18H16Cl2FNO/c1-2-9-22(12-14-5-3-4-6-17(14)21)18(23)11-13-7-8-15(19)16(20)10-13/h2-8,10H,1,9,11-12H2. The van der Waals surface area contributed by atoms with Gasteiger partial charge in [-0.3, -0.25) is 4.79 Å². The lowest BCUT2D eigenvalue weighted by atomic mass is 10.1. The highest BCUT2D eigenvalue weighted by atomic mass is 35.5. The number of halogens is 3. The molecule has 2 aromatic rings. The van der Waals surface area contributed by atoms with Crippen LogP contribution in [0.5, 0.6) is 0 Å². The summed E-state index contributed by atoms with van der Waals surface area (Å²) in [6.07, 6.45) is 1.78. The van der Waals surface area contributed by atoms with Crippen molar-refractivity contribution in [2.24, 2.45) is 0 Å². The van der Waals surface area contributed by atoms with Gasteiger partial charge in [0.15, 0.2) is 0 Å². The molecular formula is C18H16Cl2FNO. The van der Waals surface area contributed by atoms with Crippen molar-refractivity contribution in [3.8, 4) is 0 Å². The Bertz CT molecular complexity index is 718. The maximum atomic E-state index is 13.8. The predicted octanol–water partition coefficient (Wildman–Crippen LogP) is 4.89. The topological polar surface area (TPSA) is 20.3 Å². The molecule has 0 saturated heterocycles. The quantitative estimate of drug-likeness (QED) is 0.678. The zero-order valence-corrected chi connectivity index (χ0v) is 13.9. The van der Waals surface area contributed by atoms with Crippen molar-refractivity contribution in [3.63, 3.8) is 0 Å². The second kappa shape index (κ2) is 8.14. The summed E-state index contributed by atoms with van der Waals surface area (Å²) in [4.78, 5) is 14.0. The highest BCUT2D eigenvalue weighted by molar-refractivity contribution is 6.42. The fraction of sp³-hybridized carbons (Fsp3) is 0.167. The van der Waals surface area contributed by atoms with Crippen molar-refractivity contribution in [3.05, 3.63) is 82.1 Å². The zero-order valence-electron chi connectivity index (χ0n) is 12.4. The van der Waals surface area contributed by atoms with Gasteiger partial charge in [-0.25, -0.2) is 4.39 Å². The molecule has 120 valence electrons. The van der Waals surface area contributed by atoms with Crippen LogP contribution in [0.4, 0.5) is 4.39 Å². The summed E-state index contributed by atoms with van der Waals surface area (Å²) in [5.74, 6) is -0.463. The maximum absolute atomic E-state index is 13.8. The van der Waals surface area contributed by atoms with Gasteiger partial charge in [0.25, 0.3) is 0 Å². The van der Waals surface area contributed by atoms with Crippen LogP contribution in [0.3, 0.4) is 0 Å². The first-order valence-electron chi connectivity index (χ1n) is 7.07. The van der Waals surface area contributed by atoms with Gasteiger partial charge in [-0.1, -0.05) is 53.5 Å². The van der Waals surface area contributed by atoms with Gasteiger partial charge in [-0.15, -0.1) is 6.58 Å². The third-order valence-electron chi connectivity index (χ3n) is 3.36. The molecule has 0 aromatic heterocycles. The highest BCUT2D eigenvalue weighted by Gasteiger charge is 2.15. The van der Waals surface area contributed by atoms with Gasteiger partial charge in [0, 0.05) is 18.7 Å².